The minimum Gasteiger partial charge on any atom is -0.493 e. The van der Waals surface area contributed by atoms with Crippen molar-refractivity contribution in [1.29, 1.82) is 0 Å². The number of carbonyl (C=O) groups excluding carboxylic acids is 1. The highest BCUT2D eigenvalue weighted by Crippen LogP contribution is 2.38. The molecular weight excluding hydrogens is 594 g/mol. The molecule has 0 bridgehead atoms. The molecule has 5 rings (SSSR count). The Bertz CT molecular complexity index is 1600. The lowest BCUT2D eigenvalue weighted by Gasteiger charge is -2.23. The normalized spacial score (nSPS) is 14.3. The first-order chi connectivity index (χ1) is 21.3. The zero-order valence-electron chi connectivity index (χ0n) is 24.0. The van der Waals surface area contributed by atoms with E-state index in [0.29, 0.717) is 40.7 Å². The van der Waals surface area contributed by atoms with Crippen molar-refractivity contribution >= 4 is 34.1 Å². The summed E-state index contributed by atoms with van der Waals surface area (Å²) in [7, 11) is 1.55. The fraction of sp³-hybridized carbons (Fsp3) is 0.312. The number of piperidine rings is 1. The van der Waals surface area contributed by atoms with E-state index >= 15 is 4.39 Å². The molecule has 0 aliphatic carbocycles. The van der Waals surface area contributed by atoms with Crippen LogP contribution < -0.4 is 30.2 Å². The van der Waals surface area contributed by atoms with Crippen LogP contribution in [-0.2, 0) is 11.2 Å². The number of hydrogen-bond acceptors (Lipinski definition) is 8. The molecule has 2 heterocycles. The molecule has 0 saturated carbocycles. The molecule has 1 amide bonds. The highest BCUT2D eigenvalue weighted by atomic mass is 35.5. The van der Waals surface area contributed by atoms with Crippen molar-refractivity contribution in [3.05, 3.63) is 83.0 Å². The number of ether oxygens (including phenoxy) is 3. The van der Waals surface area contributed by atoms with Gasteiger partial charge in [0.1, 0.15) is 11.6 Å². The van der Waals surface area contributed by atoms with Crippen LogP contribution in [0.25, 0.3) is 10.9 Å². The molecule has 1 aliphatic heterocycles. The maximum atomic E-state index is 15.1. The zero-order valence-corrected chi connectivity index (χ0v) is 24.8. The topological polar surface area (TPSA) is 114 Å². The predicted molar refractivity (Wildman–Crippen MR) is 164 cm³/mol. The SMILES string of the molecule is COc1cc2c(Oc3ccc(NC(=O)C(O)NCCc4c(F)cccc4Cl)cc3F)ccnc2cc1OCC1CCNCC1. The van der Waals surface area contributed by atoms with Gasteiger partial charge in [-0.3, -0.25) is 15.1 Å². The molecule has 0 spiro atoms. The third-order valence-corrected chi connectivity index (χ3v) is 7.72. The minimum absolute atomic E-state index is 0.0763. The number of rotatable bonds is 12. The lowest BCUT2D eigenvalue weighted by molar-refractivity contribution is -0.125. The van der Waals surface area contributed by atoms with Crippen molar-refractivity contribution < 1.29 is 32.9 Å². The highest BCUT2D eigenvalue weighted by Gasteiger charge is 2.19. The summed E-state index contributed by atoms with van der Waals surface area (Å²) in [6.45, 7) is 2.60. The third-order valence-electron chi connectivity index (χ3n) is 7.36. The number of amides is 1. The van der Waals surface area contributed by atoms with Gasteiger partial charge in [0.05, 0.1) is 19.2 Å². The Morgan fingerprint density at radius 2 is 1.89 bits per heavy atom. The molecule has 1 unspecified atom stereocenters. The van der Waals surface area contributed by atoms with E-state index in [1.807, 2.05) is 0 Å². The Balaban J connectivity index is 1.21. The fourth-order valence-electron chi connectivity index (χ4n) is 4.93. The molecule has 232 valence electrons. The summed E-state index contributed by atoms with van der Waals surface area (Å²) in [5.41, 5.74) is 0.968. The lowest BCUT2D eigenvalue weighted by Crippen LogP contribution is -2.41. The van der Waals surface area contributed by atoms with Gasteiger partial charge in [0, 0.05) is 46.5 Å². The number of anilines is 1. The average Bonchev–Trinajstić information content (AvgIpc) is 3.02. The summed E-state index contributed by atoms with van der Waals surface area (Å²) < 4.78 is 46.6. The smallest absolute Gasteiger partial charge is 0.268 e. The van der Waals surface area contributed by atoms with Gasteiger partial charge in [0.2, 0.25) is 0 Å². The number of halogens is 3. The quantitative estimate of drug-likeness (QED) is 0.154. The van der Waals surface area contributed by atoms with Crippen molar-refractivity contribution in [1.82, 2.24) is 15.6 Å². The van der Waals surface area contributed by atoms with E-state index in [4.69, 9.17) is 25.8 Å². The Hall–Kier alpha value is -4.03. The molecule has 4 N–H and O–H groups in total. The number of benzene rings is 3. The standard InChI is InChI=1S/C32H33ClF2N4O5/c1-42-29-16-22-26(17-30(29)43-18-19-7-11-36-12-8-19)37-14-10-27(22)44-28-6-5-20(15-25(28)35)39-32(41)31(40)38-13-9-21-23(33)3-2-4-24(21)34/h2-6,10,14-17,19,31,36,38,40H,7-9,11-13,18H2,1H3,(H,39,41). The first-order valence-electron chi connectivity index (χ1n) is 14.2. The number of hydrogen-bond donors (Lipinski definition) is 4. The maximum Gasteiger partial charge on any atom is 0.268 e. The average molecular weight is 627 g/mol. The first-order valence-corrected chi connectivity index (χ1v) is 14.6. The van der Waals surface area contributed by atoms with Gasteiger partial charge in [-0.2, -0.15) is 0 Å². The van der Waals surface area contributed by atoms with Gasteiger partial charge in [0.25, 0.3) is 5.91 Å². The summed E-state index contributed by atoms with van der Waals surface area (Å²) in [6.07, 6.45) is 2.18. The van der Waals surface area contributed by atoms with Crippen molar-refractivity contribution in [2.75, 3.05) is 38.7 Å². The van der Waals surface area contributed by atoms with Crippen LogP contribution >= 0.6 is 11.6 Å². The van der Waals surface area contributed by atoms with Gasteiger partial charge in [-0.15, -0.1) is 0 Å². The summed E-state index contributed by atoms with van der Waals surface area (Å²) in [5.74, 6) is -0.225. The molecule has 12 heteroatoms. The minimum atomic E-state index is -1.62. The van der Waals surface area contributed by atoms with E-state index < -0.39 is 23.8 Å². The number of nitrogens with zero attached hydrogens (tertiary/aromatic N) is 1. The monoisotopic (exact) mass is 626 g/mol. The highest BCUT2D eigenvalue weighted by molar-refractivity contribution is 6.31. The van der Waals surface area contributed by atoms with Gasteiger partial charge < -0.3 is 30.0 Å². The lowest BCUT2D eigenvalue weighted by atomic mass is 9.99. The van der Waals surface area contributed by atoms with Gasteiger partial charge in [-0.25, -0.2) is 8.78 Å². The van der Waals surface area contributed by atoms with Crippen LogP contribution in [0.15, 0.2) is 60.8 Å². The molecule has 1 saturated heterocycles. The molecule has 1 aromatic heterocycles. The number of pyridine rings is 1. The summed E-state index contributed by atoms with van der Waals surface area (Å²) in [6, 6.07) is 13.4. The number of aliphatic hydroxyl groups is 1. The number of aromatic nitrogens is 1. The van der Waals surface area contributed by atoms with Crippen LogP contribution in [0.5, 0.6) is 23.0 Å². The van der Waals surface area contributed by atoms with E-state index in [2.05, 4.69) is 20.9 Å². The van der Waals surface area contributed by atoms with Crippen LogP contribution in [0.4, 0.5) is 14.5 Å². The van der Waals surface area contributed by atoms with Crippen LogP contribution in [0, 0.1) is 17.6 Å². The molecule has 4 aromatic rings. The third kappa shape index (κ3) is 7.72. The van der Waals surface area contributed by atoms with Crippen LogP contribution in [0.1, 0.15) is 18.4 Å². The predicted octanol–water partition coefficient (Wildman–Crippen LogP) is 5.43. The van der Waals surface area contributed by atoms with E-state index in [9.17, 15) is 14.3 Å². The van der Waals surface area contributed by atoms with Crippen molar-refractivity contribution in [3.63, 3.8) is 0 Å². The fourth-order valence-corrected chi connectivity index (χ4v) is 5.19. The number of fused-ring (bicyclic) bond motifs is 1. The number of carbonyl (C=O) groups is 1. The zero-order chi connectivity index (χ0) is 31.1. The van der Waals surface area contributed by atoms with Gasteiger partial charge in [0.15, 0.2) is 29.3 Å². The van der Waals surface area contributed by atoms with E-state index in [0.717, 1.165) is 32.0 Å². The Labute approximate surface area is 258 Å². The number of aliphatic hydroxyl groups excluding tert-OH is 1. The molecule has 3 aromatic carbocycles. The van der Waals surface area contributed by atoms with Gasteiger partial charge in [-0.1, -0.05) is 17.7 Å². The second kappa shape index (κ2) is 14.6. The molecule has 0 radical (unpaired) electrons. The number of methoxy groups -OCH3 is 1. The molecule has 44 heavy (non-hydrogen) atoms. The van der Waals surface area contributed by atoms with E-state index in [1.54, 1.807) is 37.6 Å². The number of nitrogens with one attached hydrogen (secondary N) is 3. The molecule has 1 fully saturated rings. The van der Waals surface area contributed by atoms with Crippen molar-refractivity contribution in [2.24, 2.45) is 5.92 Å². The second-order valence-corrected chi connectivity index (χ2v) is 10.8. The van der Waals surface area contributed by atoms with E-state index in [1.165, 1.54) is 24.3 Å². The molecule has 1 atom stereocenters. The van der Waals surface area contributed by atoms with Gasteiger partial charge >= 0.3 is 0 Å². The Morgan fingerprint density at radius 3 is 2.64 bits per heavy atom. The summed E-state index contributed by atoms with van der Waals surface area (Å²) >= 11 is 6.01. The second-order valence-electron chi connectivity index (χ2n) is 10.4. The molecular formula is C32H33ClF2N4O5. The largest absolute Gasteiger partial charge is 0.493 e. The van der Waals surface area contributed by atoms with Gasteiger partial charge in [-0.05, 0) is 74.7 Å². The molecule has 1 aliphatic rings. The van der Waals surface area contributed by atoms with Crippen LogP contribution in [0.3, 0.4) is 0 Å². The summed E-state index contributed by atoms with van der Waals surface area (Å²) in [5, 5.41) is 19.4. The van der Waals surface area contributed by atoms with Crippen molar-refractivity contribution in [2.45, 2.75) is 25.5 Å². The first kappa shape index (κ1) is 31.4. The Morgan fingerprint density at radius 1 is 1.07 bits per heavy atom. The van der Waals surface area contributed by atoms with Crippen molar-refractivity contribution in [3.8, 4) is 23.0 Å². The molecule has 9 nitrogen and oxygen atoms in total. The van der Waals surface area contributed by atoms with Crippen LogP contribution in [-0.4, -0.2) is 55.6 Å². The maximum absolute atomic E-state index is 15.1. The van der Waals surface area contributed by atoms with E-state index in [-0.39, 0.29) is 35.0 Å². The Kier molecular flexibility index (Phi) is 10.4. The van der Waals surface area contributed by atoms with Crippen LogP contribution in [0.2, 0.25) is 5.02 Å². The summed E-state index contributed by atoms with van der Waals surface area (Å²) in [4.78, 5) is 16.9.